The number of furan rings is 1. The number of nitrogens with one attached hydrogen (secondary N) is 1. The zero-order valence-electron chi connectivity index (χ0n) is 12.7. The molecule has 1 aromatic carbocycles. The number of aliphatic carboxylic acids is 2. The van der Waals surface area contributed by atoms with Gasteiger partial charge in [0.1, 0.15) is 0 Å². The lowest BCUT2D eigenvalue weighted by Gasteiger charge is -2.25. The number of carboxylic acids is 3. The van der Waals surface area contributed by atoms with Crippen LogP contribution in [0.3, 0.4) is 0 Å². The van der Waals surface area contributed by atoms with Crippen LogP contribution in [0.2, 0.25) is 5.02 Å². The van der Waals surface area contributed by atoms with Gasteiger partial charge in [-0.1, -0.05) is 23.7 Å². The Labute approximate surface area is 144 Å². The molecule has 2 rings (SSSR count). The molecule has 0 spiro atoms. The highest BCUT2D eigenvalue weighted by Gasteiger charge is 2.49. The van der Waals surface area contributed by atoms with Crippen LogP contribution >= 0.6 is 11.6 Å². The van der Waals surface area contributed by atoms with Gasteiger partial charge >= 0.3 is 17.9 Å². The minimum Gasteiger partial charge on any atom is -0.479 e. The highest BCUT2D eigenvalue weighted by Crippen LogP contribution is 2.33. The van der Waals surface area contributed by atoms with E-state index in [1.165, 1.54) is 18.2 Å². The van der Waals surface area contributed by atoms with Gasteiger partial charge in [-0.15, -0.1) is 0 Å². The first-order chi connectivity index (χ1) is 11.6. The molecule has 0 fully saturated rings. The van der Waals surface area contributed by atoms with Crippen molar-refractivity contribution in [3.63, 3.8) is 0 Å². The van der Waals surface area contributed by atoms with Crippen LogP contribution in [-0.4, -0.2) is 44.7 Å². The molecular weight excluding hydrogens is 358 g/mol. The van der Waals surface area contributed by atoms with E-state index in [0.717, 1.165) is 6.92 Å². The van der Waals surface area contributed by atoms with Crippen molar-refractivity contribution in [2.75, 3.05) is 0 Å². The second kappa shape index (κ2) is 6.44. The molecule has 4 N–H and O–H groups in total. The third-order valence-corrected chi connectivity index (χ3v) is 3.82. The van der Waals surface area contributed by atoms with Gasteiger partial charge in [0.25, 0.3) is 0 Å². The molecule has 0 saturated heterocycles. The second-order valence-electron chi connectivity index (χ2n) is 5.21. The van der Waals surface area contributed by atoms with E-state index in [4.69, 9.17) is 16.0 Å². The van der Waals surface area contributed by atoms with Crippen molar-refractivity contribution in [3.05, 3.63) is 34.5 Å². The Bertz CT molecular complexity index is 886. The summed E-state index contributed by atoms with van der Waals surface area (Å²) in [5.74, 6) is -6.81. The maximum Gasteiger partial charge on any atom is 0.372 e. The first-order valence-electron chi connectivity index (χ1n) is 6.79. The monoisotopic (exact) mass is 369 g/mol. The molecule has 2 aromatic rings. The van der Waals surface area contributed by atoms with E-state index < -0.39 is 41.5 Å². The number of hydrogen-bond donors (Lipinski definition) is 4. The van der Waals surface area contributed by atoms with Crippen molar-refractivity contribution in [2.24, 2.45) is 0 Å². The summed E-state index contributed by atoms with van der Waals surface area (Å²) in [7, 11) is 0. The van der Waals surface area contributed by atoms with Crippen molar-refractivity contribution in [1.29, 1.82) is 0 Å². The average Bonchev–Trinajstić information content (AvgIpc) is 2.86. The van der Waals surface area contributed by atoms with Crippen molar-refractivity contribution in [1.82, 2.24) is 5.32 Å². The molecule has 132 valence electrons. The number of benzene rings is 1. The van der Waals surface area contributed by atoms with E-state index in [-0.39, 0.29) is 21.6 Å². The first-order valence-corrected chi connectivity index (χ1v) is 7.16. The minimum absolute atomic E-state index is 0.0240. The maximum absolute atomic E-state index is 11.6. The number of hydrogen-bond acceptors (Lipinski definition) is 5. The molecule has 0 aliphatic heterocycles. The number of halogens is 1. The van der Waals surface area contributed by atoms with Crippen LogP contribution in [0.5, 0.6) is 0 Å². The number of carboxylic acid groups (broad SMARTS) is 3. The molecule has 1 heterocycles. The summed E-state index contributed by atoms with van der Waals surface area (Å²) in [5.41, 5.74) is -3.00. The zero-order valence-corrected chi connectivity index (χ0v) is 13.5. The van der Waals surface area contributed by atoms with E-state index in [1.807, 2.05) is 5.32 Å². The molecule has 0 aliphatic rings. The summed E-state index contributed by atoms with van der Waals surface area (Å²) >= 11 is 5.94. The number of aromatic carboxylic acids is 1. The molecule has 0 aliphatic carbocycles. The molecule has 1 aromatic heterocycles. The molecule has 0 radical (unpaired) electrons. The fourth-order valence-electron chi connectivity index (χ4n) is 2.44. The van der Waals surface area contributed by atoms with Crippen LogP contribution in [-0.2, 0) is 20.8 Å². The van der Waals surface area contributed by atoms with Gasteiger partial charge in [-0.2, -0.15) is 0 Å². The Kier molecular flexibility index (Phi) is 4.71. The van der Waals surface area contributed by atoms with Crippen molar-refractivity contribution in [3.8, 4) is 0 Å². The molecular formula is C15H12ClNO8. The van der Waals surface area contributed by atoms with Gasteiger partial charge in [-0.3, -0.25) is 4.79 Å². The van der Waals surface area contributed by atoms with Gasteiger partial charge in [0.2, 0.25) is 17.2 Å². The number of fused-ring (bicyclic) bond motifs is 1. The quantitative estimate of drug-likeness (QED) is 0.556. The third kappa shape index (κ3) is 3.13. The third-order valence-electron chi connectivity index (χ3n) is 3.53. The van der Waals surface area contributed by atoms with E-state index >= 15 is 0 Å². The van der Waals surface area contributed by atoms with Gasteiger partial charge in [-0.25, -0.2) is 14.4 Å². The lowest BCUT2D eigenvalue weighted by Crippen LogP contribution is -2.61. The van der Waals surface area contributed by atoms with Crippen molar-refractivity contribution in [2.45, 2.75) is 18.9 Å². The van der Waals surface area contributed by atoms with Crippen molar-refractivity contribution < 1.29 is 38.9 Å². The van der Waals surface area contributed by atoms with Gasteiger partial charge in [0.05, 0.1) is 5.02 Å². The summed E-state index contributed by atoms with van der Waals surface area (Å²) in [6.07, 6.45) is -0.855. The number of amides is 1. The van der Waals surface area contributed by atoms with Gasteiger partial charge in [-0.05, 0) is 6.07 Å². The van der Waals surface area contributed by atoms with E-state index in [1.54, 1.807) is 0 Å². The number of para-hydroxylation sites is 1. The topological polar surface area (TPSA) is 154 Å². The standard InChI is InChI=1S/C15H12ClNO8/c1-6(18)17-15(13(21)22,14(23)24)5-8-7-3-2-4-9(16)10(7)25-11(8)12(19)20/h2-4H,5H2,1H3,(H,17,18)(H,19,20)(H,21,22)(H,23,24). The Balaban J connectivity index is 2.75. The van der Waals surface area contributed by atoms with E-state index in [2.05, 4.69) is 0 Å². The summed E-state index contributed by atoms with van der Waals surface area (Å²) in [5, 5.41) is 30.2. The zero-order chi connectivity index (χ0) is 18.9. The van der Waals surface area contributed by atoms with Gasteiger partial charge in [0.15, 0.2) is 5.58 Å². The van der Waals surface area contributed by atoms with Crippen LogP contribution in [0.25, 0.3) is 11.0 Å². The smallest absolute Gasteiger partial charge is 0.372 e. The normalized spacial score (nSPS) is 11.3. The van der Waals surface area contributed by atoms with Crippen LogP contribution in [0.15, 0.2) is 22.6 Å². The largest absolute Gasteiger partial charge is 0.479 e. The van der Waals surface area contributed by atoms with Gasteiger partial charge in [0, 0.05) is 24.3 Å². The van der Waals surface area contributed by atoms with Crippen LogP contribution in [0.1, 0.15) is 23.0 Å². The molecule has 10 heteroatoms. The highest BCUT2D eigenvalue weighted by molar-refractivity contribution is 6.35. The molecule has 1 amide bonds. The van der Waals surface area contributed by atoms with Crippen LogP contribution in [0, 0.1) is 0 Å². The first kappa shape index (κ1) is 18.3. The maximum atomic E-state index is 11.6. The number of carbonyl (C=O) groups is 4. The van der Waals surface area contributed by atoms with Gasteiger partial charge < -0.3 is 25.1 Å². The van der Waals surface area contributed by atoms with Crippen LogP contribution < -0.4 is 5.32 Å². The minimum atomic E-state index is -2.77. The molecule has 25 heavy (non-hydrogen) atoms. The van der Waals surface area contributed by atoms with Crippen molar-refractivity contribution >= 4 is 46.4 Å². The Hall–Kier alpha value is -3.07. The number of carbonyl (C=O) groups excluding carboxylic acids is 1. The van der Waals surface area contributed by atoms with Crippen LogP contribution in [0.4, 0.5) is 0 Å². The predicted octanol–water partition coefficient (Wildman–Crippen LogP) is 1.37. The summed E-state index contributed by atoms with van der Waals surface area (Å²) in [4.78, 5) is 46.0. The molecule has 0 bridgehead atoms. The lowest BCUT2D eigenvalue weighted by molar-refractivity contribution is -0.161. The average molecular weight is 370 g/mol. The fraction of sp³-hybridized carbons (Fsp3) is 0.200. The fourth-order valence-corrected chi connectivity index (χ4v) is 2.66. The summed E-state index contributed by atoms with van der Waals surface area (Å²) < 4.78 is 5.17. The molecule has 9 nitrogen and oxygen atoms in total. The van der Waals surface area contributed by atoms with E-state index in [0.29, 0.717) is 0 Å². The predicted molar refractivity (Wildman–Crippen MR) is 83.7 cm³/mol. The SMILES string of the molecule is CC(=O)NC(Cc1c(C(=O)O)oc2c(Cl)cccc12)(C(=O)O)C(=O)O. The molecule has 0 saturated carbocycles. The van der Waals surface area contributed by atoms with E-state index in [9.17, 15) is 34.5 Å². The highest BCUT2D eigenvalue weighted by atomic mass is 35.5. The Morgan fingerprint density at radius 3 is 2.24 bits per heavy atom. The lowest BCUT2D eigenvalue weighted by atomic mass is 9.89. The second-order valence-corrected chi connectivity index (χ2v) is 5.61. The number of rotatable bonds is 6. The Morgan fingerprint density at radius 1 is 1.16 bits per heavy atom. The summed E-state index contributed by atoms with van der Waals surface area (Å²) in [6, 6.07) is 4.31. The molecule has 0 atom stereocenters. The Morgan fingerprint density at radius 2 is 1.76 bits per heavy atom. The summed E-state index contributed by atoms with van der Waals surface area (Å²) in [6.45, 7) is 0.948. The molecule has 0 unspecified atom stereocenters.